The summed E-state index contributed by atoms with van der Waals surface area (Å²) in [5.41, 5.74) is 2.42. The topological polar surface area (TPSA) is 79.3 Å². The third-order valence-corrected chi connectivity index (χ3v) is 6.28. The maximum absolute atomic E-state index is 13.2. The molecule has 2 aliphatic heterocycles. The molecule has 2 aromatic rings. The van der Waals surface area contributed by atoms with Crippen LogP contribution >= 0.6 is 0 Å². The molecule has 0 saturated carbocycles. The third kappa shape index (κ3) is 4.53. The average molecular weight is 465 g/mol. The van der Waals surface area contributed by atoms with Crippen molar-refractivity contribution in [3.63, 3.8) is 0 Å². The van der Waals surface area contributed by atoms with Gasteiger partial charge in [0, 0.05) is 12.1 Å². The molecule has 2 aliphatic rings. The Balaban J connectivity index is 1.78. The van der Waals surface area contributed by atoms with E-state index in [1.807, 2.05) is 43.3 Å². The highest BCUT2D eigenvalue weighted by atomic mass is 16.7. The molecule has 7 heteroatoms. The van der Waals surface area contributed by atoms with Crippen molar-refractivity contribution in [2.75, 3.05) is 34.0 Å². The summed E-state index contributed by atoms with van der Waals surface area (Å²) in [7, 11) is 3.94. The van der Waals surface area contributed by atoms with Crippen LogP contribution in [0.3, 0.4) is 0 Å². The zero-order valence-electron chi connectivity index (χ0n) is 20.4. The van der Waals surface area contributed by atoms with Crippen LogP contribution in [0.4, 0.5) is 0 Å². The molecule has 180 valence electrons. The van der Waals surface area contributed by atoms with Crippen LogP contribution in [0.15, 0.2) is 48.0 Å². The minimum Gasteiger partial charge on any atom is -0.507 e. The number of carbonyl (C=O) groups excluding carboxylic acids is 2. The van der Waals surface area contributed by atoms with E-state index in [9.17, 15) is 14.7 Å². The quantitative estimate of drug-likeness (QED) is 0.394. The summed E-state index contributed by atoms with van der Waals surface area (Å²) in [5.74, 6) is -0.405. The van der Waals surface area contributed by atoms with Crippen LogP contribution in [-0.2, 0) is 15.0 Å². The van der Waals surface area contributed by atoms with Crippen molar-refractivity contribution in [3.8, 4) is 11.5 Å². The molecular formula is C27H32N2O5. The largest absolute Gasteiger partial charge is 0.507 e. The summed E-state index contributed by atoms with van der Waals surface area (Å²) in [5, 5.41) is 11.3. The zero-order valence-corrected chi connectivity index (χ0v) is 20.4. The van der Waals surface area contributed by atoms with E-state index in [4.69, 9.17) is 9.47 Å². The number of aliphatic hydroxyl groups is 1. The van der Waals surface area contributed by atoms with Gasteiger partial charge in [-0.2, -0.15) is 0 Å². The van der Waals surface area contributed by atoms with Gasteiger partial charge in [0.2, 0.25) is 6.79 Å². The maximum atomic E-state index is 13.2. The number of amides is 1. The summed E-state index contributed by atoms with van der Waals surface area (Å²) in [6.45, 7) is 7.70. The van der Waals surface area contributed by atoms with Crippen LogP contribution in [0.5, 0.6) is 11.5 Å². The van der Waals surface area contributed by atoms with E-state index in [2.05, 4.69) is 20.8 Å². The first-order valence-corrected chi connectivity index (χ1v) is 11.5. The van der Waals surface area contributed by atoms with Gasteiger partial charge in [0.25, 0.3) is 11.7 Å². The Morgan fingerprint density at radius 3 is 2.38 bits per heavy atom. The highest BCUT2D eigenvalue weighted by Crippen LogP contribution is 2.41. The first-order chi connectivity index (χ1) is 16.1. The summed E-state index contributed by atoms with van der Waals surface area (Å²) in [4.78, 5) is 29.9. The number of ether oxygens (including phenoxy) is 2. The number of carbonyl (C=O) groups is 2. The SMILES string of the molecule is CN(C)CCCN1C(=O)C(=O)/C(=C(/O)c2ccc3c(c2)OCO3)C1c1ccc(C(C)(C)C)cc1. The number of Topliss-reactive ketones (excluding diaryl/α,β-unsaturated/α-hetero) is 1. The second kappa shape index (κ2) is 9.14. The lowest BCUT2D eigenvalue weighted by Crippen LogP contribution is -2.32. The van der Waals surface area contributed by atoms with E-state index in [0.717, 1.165) is 17.7 Å². The molecule has 2 aromatic carbocycles. The van der Waals surface area contributed by atoms with Crippen LogP contribution in [-0.4, -0.2) is 60.6 Å². The standard InChI is InChI=1S/C27H32N2O5/c1-27(2,3)19-10-7-17(8-11-19)23-22(25(31)26(32)29(23)14-6-13-28(4)5)24(30)18-9-12-20-21(15-18)34-16-33-20/h7-12,15,23,30H,6,13-14,16H2,1-5H3/b24-22+. The molecule has 0 bridgehead atoms. The molecule has 1 atom stereocenters. The fourth-order valence-corrected chi connectivity index (χ4v) is 4.38. The molecule has 4 rings (SSSR count). The Bertz CT molecular complexity index is 1130. The van der Waals surface area contributed by atoms with Gasteiger partial charge in [0.05, 0.1) is 11.6 Å². The van der Waals surface area contributed by atoms with Crippen LogP contribution in [0, 0.1) is 0 Å². The summed E-state index contributed by atoms with van der Waals surface area (Å²) >= 11 is 0. The van der Waals surface area contributed by atoms with Crippen LogP contribution in [0.1, 0.15) is 49.9 Å². The van der Waals surface area contributed by atoms with Gasteiger partial charge in [-0.05, 0) is 61.8 Å². The number of likely N-dealkylation sites (tertiary alicyclic amines) is 1. The number of hydrogen-bond acceptors (Lipinski definition) is 6. The molecule has 1 amide bonds. The molecule has 7 nitrogen and oxygen atoms in total. The van der Waals surface area contributed by atoms with E-state index in [1.165, 1.54) is 0 Å². The molecule has 2 heterocycles. The van der Waals surface area contributed by atoms with Gasteiger partial charge in [-0.1, -0.05) is 45.0 Å². The highest BCUT2D eigenvalue weighted by Gasteiger charge is 2.46. The molecule has 1 N–H and O–H groups in total. The molecule has 1 unspecified atom stereocenters. The molecule has 0 aliphatic carbocycles. The number of benzene rings is 2. The Labute approximate surface area is 200 Å². The molecule has 0 spiro atoms. The fraction of sp³-hybridized carbons (Fsp3) is 0.407. The highest BCUT2D eigenvalue weighted by molar-refractivity contribution is 6.46. The van der Waals surface area contributed by atoms with Crippen molar-refractivity contribution in [2.24, 2.45) is 0 Å². The summed E-state index contributed by atoms with van der Waals surface area (Å²) in [6, 6.07) is 12.3. The van der Waals surface area contributed by atoms with Gasteiger partial charge in [0.15, 0.2) is 11.5 Å². The lowest BCUT2D eigenvalue weighted by molar-refractivity contribution is -0.139. The predicted octanol–water partition coefficient (Wildman–Crippen LogP) is 4.09. The van der Waals surface area contributed by atoms with Crippen LogP contribution in [0.2, 0.25) is 0 Å². The van der Waals surface area contributed by atoms with Gasteiger partial charge >= 0.3 is 0 Å². The second-order valence-corrected chi connectivity index (χ2v) is 10.1. The Kier molecular flexibility index (Phi) is 6.41. The van der Waals surface area contributed by atoms with E-state index in [1.54, 1.807) is 23.1 Å². The number of hydrogen-bond donors (Lipinski definition) is 1. The number of aliphatic hydroxyl groups excluding tert-OH is 1. The lowest BCUT2D eigenvalue weighted by atomic mass is 9.85. The Morgan fingerprint density at radius 2 is 1.74 bits per heavy atom. The predicted molar refractivity (Wildman–Crippen MR) is 130 cm³/mol. The zero-order chi connectivity index (χ0) is 24.6. The van der Waals surface area contributed by atoms with Crippen molar-refractivity contribution < 1.29 is 24.2 Å². The molecular weight excluding hydrogens is 432 g/mol. The molecule has 1 fully saturated rings. The van der Waals surface area contributed by atoms with Crippen molar-refractivity contribution in [1.82, 2.24) is 9.80 Å². The fourth-order valence-electron chi connectivity index (χ4n) is 4.38. The van der Waals surface area contributed by atoms with Crippen molar-refractivity contribution in [3.05, 3.63) is 64.7 Å². The Morgan fingerprint density at radius 1 is 1.06 bits per heavy atom. The first-order valence-electron chi connectivity index (χ1n) is 11.5. The molecule has 0 radical (unpaired) electrons. The molecule has 0 aromatic heterocycles. The van der Waals surface area contributed by atoms with Gasteiger partial charge in [0.1, 0.15) is 5.76 Å². The number of fused-ring (bicyclic) bond motifs is 1. The van der Waals surface area contributed by atoms with E-state index in [-0.39, 0.29) is 23.5 Å². The lowest BCUT2D eigenvalue weighted by Gasteiger charge is -2.27. The van der Waals surface area contributed by atoms with E-state index >= 15 is 0 Å². The maximum Gasteiger partial charge on any atom is 0.295 e. The van der Waals surface area contributed by atoms with Gasteiger partial charge in [-0.25, -0.2) is 0 Å². The van der Waals surface area contributed by atoms with Crippen molar-refractivity contribution >= 4 is 17.4 Å². The van der Waals surface area contributed by atoms with Crippen molar-refractivity contribution in [2.45, 2.75) is 38.6 Å². The summed E-state index contributed by atoms with van der Waals surface area (Å²) < 4.78 is 10.8. The normalized spacial score (nSPS) is 19.4. The number of rotatable bonds is 6. The monoisotopic (exact) mass is 464 g/mol. The second-order valence-electron chi connectivity index (χ2n) is 10.1. The van der Waals surface area contributed by atoms with Gasteiger partial charge in [-0.3, -0.25) is 9.59 Å². The summed E-state index contributed by atoms with van der Waals surface area (Å²) in [6.07, 6.45) is 0.709. The van der Waals surface area contributed by atoms with E-state index < -0.39 is 17.7 Å². The molecule has 34 heavy (non-hydrogen) atoms. The van der Waals surface area contributed by atoms with Crippen molar-refractivity contribution in [1.29, 1.82) is 0 Å². The minimum atomic E-state index is -0.676. The van der Waals surface area contributed by atoms with Gasteiger partial charge < -0.3 is 24.4 Å². The molecule has 1 saturated heterocycles. The Hall–Kier alpha value is -3.32. The average Bonchev–Trinajstić information content (AvgIpc) is 3.35. The van der Waals surface area contributed by atoms with Crippen LogP contribution < -0.4 is 9.47 Å². The van der Waals surface area contributed by atoms with Gasteiger partial charge in [-0.15, -0.1) is 0 Å². The number of nitrogens with zero attached hydrogens (tertiary/aromatic N) is 2. The first kappa shape index (κ1) is 23.8. The smallest absolute Gasteiger partial charge is 0.295 e. The van der Waals surface area contributed by atoms with E-state index in [0.29, 0.717) is 30.0 Å². The minimum absolute atomic E-state index is 0.0292. The third-order valence-electron chi connectivity index (χ3n) is 6.28. The van der Waals surface area contributed by atoms with Crippen LogP contribution in [0.25, 0.3) is 5.76 Å². The number of ketones is 1.